The molecule has 0 fully saturated rings. The number of aryl methyl sites for hydroxylation is 2. The molecular formula is C21H25ClN2O2. The van der Waals surface area contributed by atoms with Crippen LogP contribution in [0, 0.1) is 0 Å². The highest BCUT2D eigenvalue weighted by molar-refractivity contribution is 6.30. The van der Waals surface area contributed by atoms with E-state index in [2.05, 4.69) is 19.2 Å². The number of benzene rings is 2. The van der Waals surface area contributed by atoms with Gasteiger partial charge in [-0.25, -0.2) is 0 Å². The minimum atomic E-state index is -0.190. The molecule has 0 saturated carbocycles. The highest BCUT2D eigenvalue weighted by Gasteiger charge is 2.16. The van der Waals surface area contributed by atoms with E-state index in [1.165, 1.54) is 11.8 Å². The molecular weight excluding hydrogens is 348 g/mol. The fraction of sp³-hybridized carbons (Fsp3) is 0.333. The van der Waals surface area contributed by atoms with Crippen molar-refractivity contribution >= 4 is 29.1 Å². The molecule has 2 amide bonds. The van der Waals surface area contributed by atoms with Crippen molar-refractivity contribution in [3.63, 3.8) is 0 Å². The van der Waals surface area contributed by atoms with Crippen LogP contribution < -0.4 is 5.32 Å². The van der Waals surface area contributed by atoms with E-state index in [4.69, 9.17) is 11.6 Å². The van der Waals surface area contributed by atoms with Crippen molar-refractivity contribution < 1.29 is 9.59 Å². The van der Waals surface area contributed by atoms with Gasteiger partial charge in [0.2, 0.25) is 11.8 Å². The van der Waals surface area contributed by atoms with Crippen molar-refractivity contribution in [3.05, 3.63) is 64.2 Å². The van der Waals surface area contributed by atoms with Crippen LogP contribution in [0.2, 0.25) is 5.02 Å². The minimum absolute atomic E-state index is 0.0131. The minimum Gasteiger partial charge on any atom is -0.329 e. The largest absolute Gasteiger partial charge is 0.329 e. The van der Waals surface area contributed by atoms with Gasteiger partial charge in [-0.1, -0.05) is 55.8 Å². The summed E-state index contributed by atoms with van der Waals surface area (Å²) in [6, 6.07) is 13.3. The van der Waals surface area contributed by atoms with Crippen LogP contribution in [-0.2, 0) is 29.0 Å². The topological polar surface area (TPSA) is 49.4 Å². The standard InChI is InChI=1S/C21H25ClN2O2/c1-4-17-7-6-8-18(5-2)21(17)23-20(26)14-24(15(3)25)13-16-9-11-19(22)12-10-16/h6-12H,4-5,13-14H2,1-3H3,(H,23,26). The van der Waals surface area contributed by atoms with Gasteiger partial charge in [-0.2, -0.15) is 0 Å². The van der Waals surface area contributed by atoms with Gasteiger partial charge in [0.05, 0.1) is 0 Å². The summed E-state index contributed by atoms with van der Waals surface area (Å²) in [6.07, 6.45) is 1.68. The molecule has 0 aromatic heterocycles. The Morgan fingerprint density at radius 2 is 1.58 bits per heavy atom. The van der Waals surface area contributed by atoms with Crippen molar-refractivity contribution in [2.24, 2.45) is 0 Å². The fourth-order valence-corrected chi connectivity index (χ4v) is 2.97. The molecule has 138 valence electrons. The van der Waals surface area contributed by atoms with Crippen molar-refractivity contribution in [1.29, 1.82) is 0 Å². The quantitative estimate of drug-likeness (QED) is 0.780. The number of carbonyl (C=O) groups excluding carboxylic acids is 2. The third kappa shape index (κ3) is 5.33. The van der Waals surface area contributed by atoms with E-state index in [1.54, 1.807) is 12.1 Å². The fourth-order valence-electron chi connectivity index (χ4n) is 2.84. The molecule has 4 nitrogen and oxygen atoms in total. The van der Waals surface area contributed by atoms with Crippen molar-refractivity contribution in [3.8, 4) is 0 Å². The summed E-state index contributed by atoms with van der Waals surface area (Å²) in [4.78, 5) is 26.1. The number of halogens is 1. The Hall–Kier alpha value is -2.33. The van der Waals surface area contributed by atoms with E-state index in [0.29, 0.717) is 11.6 Å². The van der Waals surface area contributed by atoms with Crippen molar-refractivity contribution in [1.82, 2.24) is 4.90 Å². The Morgan fingerprint density at radius 3 is 2.08 bits per heavy atom. The van der Waals surface area contributed by atoms with Gasteiger partial charge in [-0.3, -0.25) is 9.59 Å². The lowest BCUT2D eigenvalue weighted by molar-refractivity contribution is -0.133. The number of hydrogen-bond donors (Lipinski definition) is 1. The lowest BCUT2D eigenvalue weighted by Gasteiger charge is -2.22. The molecule has 2 aromatic rings. The molecule has 5 heteroatoms. The number of hydrogen-bond acceptors (Lipinski definition) is 2. The summed E-state index contributed by atoms with van der Waals surface area (Å²) >= 11 is 5.90. The molecule has 0 spiro atoms. The zero-order valence-electron chi connectivity index (χ0n) is 15.5. The summed E-state index contributed by atoms with van der Waals surface area (Å²) in [7, 11) is 0. The van der Waals surface area contributed by atoms with Crippen molar-refractivity contribution in [2.45, 2.75) is 40.2 Å². The van der Waals surface area contributed by atoms with Gasteiger partial charge in [-0.15, -0.1) is 0 Å². The number of nitrogens with zero attached hydrogens (tertiary/aromatic N) is 1. The average Bonchev–Trinajstić information content (AvgIpc) is 2.63. The van der Waals surface area contributed by atoms with Crippen LogP contribution in [-0.4, -0.2) is 23.3 Å². The van der Waals surface area contributed by atoms with Gasteiger partial charge in [0.25, 0.3) is 0 Å². The summed E-state index contributed by atoms with van der Waals surface area (Å²) in [6.45, 7) is 5.98. The first kappa shape index (κ1) is 20.0. The number of carbonyl (C=O) groups is 2. The van der Waals surface area contributed by atoms with Crippen LogP contribution in [0.3, 0.4) is 0 Å². The SMILES string of the molecule is CCc1cccc(CC)c1NC(=O)CN(Cc1ccc(Cl)cc1)C(C)=O. The molecule has 0 radical (unpaired) electrons. The monoisotopic (exact) mass is 372 g/mol. The number of anilines is 1. The van der Waals surface area contributed by atoms with E-state index in [0.717, 1.165) is 35.2 Å². The maximum Gasteiger partial charge on any atom is 0.244 e. The molecule has 0 unspecified atom stereocenters. The molecule has 0 aliphatic rings. The zero-order valence-corrected chi connectivity index (χ0v) is 16.3. The second-order valence-corrected chi connectivity index (χ2v) is 6.64. The lowest BCUT2D eigenvalue weighted by atomic mass is 10.0. The number of para-hydroxylation sites is 1. The molecule has 0 bridgehead atoms. The maximum atomic E-state index is 12.6. The molecule has 2 aromatic carbocycles. The Morgan fingerprint density at radius 1 is 1.00 bits per heavy atom. The molecule has 26 heavy (non-hydrogen) atoms. The van der Waals surface area contributed by atoms with E-state index >= 15 is 0 Å². The van der Waals surface area contributed by atoms with Crippen LogP contribution in [0.4, 0.5) is 5.69 Å². The zero-order chi connectivity index (χ0) is 19.1. The van der Waals surface area contributed by atoms with Crippen LogP contribution in [0.25, 0.3) is 0 Å². The van der Waals surface area contributed by atoms with Crippen LogP contribution in [0.5, 0.6) is 0 Å². The first-order valence-electron chi connectivity index (χ1n) is 8.85. The molecule has 0 heterocycles. The molecule has 0 saturated heterocycles. The average molecular weight is 373 g/mol. The summed E-state index contributed by atoms with van der Waals surface area (Å²) < 4.78 is 0. The maximum absolute atomic E-state index is 12.6. The first-order valence-corrected chi connectivity index (χ1v) is 9.23. The second kappa shape index (κ2) is 9.39. The lowest BCUT2D eigenvalue weighted by Crippen LogP contribution is -2.36. The van der Waals surface area contributed by atoms with Crippen LogP contribution in [0.15, 0.2) is 42.5 Å². The number of nitrogens with one attached hydrogen (secondary N) is 1. The summed E-state index contributed by atoms with van der Waals surface area (Å²) in [5.41, 5.74) is 4.01. The normalized spacial score (nSPS) is 10.5. The molecule has 0 atom stereocenters. The van der Waals surface area contributed by atoms with E-state index in [9.17, 15) is 9.59 Å². The third-order valence-corrected chi connectivity index (χ3v) is 4.58. The highest BCUT2D eigenvalue weighted by atomic mass is 35.5. The van der Waals surface area contributed by atoms with Crippen LogP contribution >= 0.6 is 11.6 Å². The van der Waals surface area contributed by atoms with Gasteiger partial charge in [-0.05, 0) is 41.7 Å². The third-order valence-electron chi connectivity index (χ3n) is 4.33. The molecule has 2 rings (SSSR count). The van der Waals surface area contributed by atoms with Gasteiger partial charge < -0.3 is 10.2 Å². The number of amides is 2. The number of rotatable bonds is 7. The predicted octanol–water partition coefficient (Wildman–Crippen LogP) is 4.45. The Labute approximate surface area is 160 Å². The summed E-state index contributed by atoms with van der Waals surface area (Å²) in [5.74, 6) is -0.334. The van der Waals surface area contributed by atoms with Gasteiger partial charge in [0.1, 0.15) is 6.54 Å². The van der Waals surface area contributed by atoms with Gasteiger partial charge >= 0.3 is 0 Å². The molecule has 0 aliphatic carbocycles. The van der Waals surface area contributed by atoms with E-state index in [1.807, 2.05) is 30.3 Å². The first-order chi connectivity index (χ1) is 12.4. The predicted molar refractivity (Wildman–Crippen MR) is 106 cm³/mol. The van der Waals surface area contributed by atoms with E-state index < -0.39 is 0 Å². The van der Waals surface area contributed by atoms with Gasteiger partial charge in [0.15, 0.2) is 0 Å². The smallest absolute Gasteiger partial charge is 0.244 e. The van der Waals surface area contributed by atoms with Gasteiger partial charge in [0, 0.05) is 24.2 Å². The molecule has 1 N–H and O–H groups in total. The Bertz CT molecular complexity index is 750. The second-order valence-electron chi connectivity index (χ2n) is 6.21. The van der Waals surface area contributed by atoms with E-state index in [-0.39, 0.29) is 18.4 Å². The molecule has 0 aliphatic heterocycles. The highest BCUT2D eigenvalue weighted by Crippen LogP contribution is 2.22. The summed E-state index contributed by atoms with van der Waals surface area (Å²) in [5, 5.41) is 3.65. The Balaban J connectivity index is 2.11. The Kier molecular flexibility index (Phi) is 7.22. The van der Waals surface area contributed by atoms with Crippen molar-refractivity contribution in [2.75, 3.05) is 11.9 Å². The van der Waals surface area contributed by atoms with Crippen LogP contribution in [0.1, 0.15) is 37.5 Å².